The number of amides is 2. The van der Waals surface area contributed by atoms with Crippen molar-refractivity contribution < 1.29 is 9.59 Å². The zero-order valence-corrected chi connectivity index (χ0v) is 17.3. The van der Waals surface area contributed by atoms with Crippen LogP contribution in [0.25, 0.3) is 0 Å². The topological polar surface area (TPSA) is 78.4 Å². The Morgan fingerprint density at radius 3 is 2.66 bits per heavy atom. The maximum atomic E-state index is 13.6. The Labute approximate surface area is 175 Å². The molecule has 0 radical (unpaired) electrons. The molecule has 4 rings (SSSR count). The Hall–Kier alpha value is -2.51. The summed E-state index contributed by atoms with van der Waals surface area (Å²) in [7, 11) is 0. The van der Waals surface area contributed by atoms with Gasteiger partial charge in [-0.05, 0) is 37.6 Å². The molecule has 2 aliphatic rings. The molecule has 8 heteroatoms. The Bertz CT molecular complexity index is 905. The van der Waals surface area contributed by atoms with Crippen molar-refractivity contribution in [1.82, 2.24) is 25.1 Å². The summed E-state index contributed by atoms with van der Waals surface area (Å²) in [6.07, 6.45) is 3.67. The number of hydrogen-bond acceptors (Lipinski definition) is 5. The van der Waals surface area contributed by atoms with Gasteiger partial charge in [0.25, 0.3) is 5.91 Å². The van der Waals surface area contributed by atoms with E-state index in [-0.39, 0.29) is 30.4 Å². The number of piperazine rings is 1. The third-order valence-electron chi connectivity index (χ3n) is 5.80. The number of benzene rings is 1. The van der Waals surface area contributed by atoms with E-state index in [9.17, 15) is 9.59 Å². The van der Waals surface area contributed by atoms with Crippen LogP contribution in [0.4, 0.5) is 0 Å². The van der Waals surface area contributed by atoms with E-state index in [4.69, 9.17) is 11.6 Å². The van der Waals surface area contributed by atoms with Gasteiger partial charge in [0, 0.05) is 36.8 Å². The van der Waals surface area contributed by atoms with Crippen molar-refractivity contribution in [3.05, 3.63) is 59.1 Å². The number of rotatable bonds is 4. The van der Waals surface area contributed by atoms with Gasteiger partial charge in [0.1, 0.15) is 18.4 Å². The normalized spacial score (nSPS) is 24.8. The van der Waals surface area contributed by atoms with Crippen molar-refractivity contribution in [2.75, 3.05) is 13.1 Å². The Balaban J connectivity index is 1.69. The summed E-state index contributed by atoms with van der Waals surface area (Å²) in [5, 5.41) is 4.06. The molecule has 29 heavy (non-hydrogen) atoms. The third-order valence-corrected chi connectivity index (χ3v) is 6.06. The van der Waals surface area contributed by atoms with Gasteiger partial charge in [0.2, 0.25) is 5.91 Å². The van der Waals surface area contributed by atoms with Crippen LogP contribution in [0.15, 0.2) is 42.9 Å². The number of hydrogen-bond donors (Lipinski definition) is 1. The SMILES string of the molecule is CC(C)N1CC(=O)N(Cc2ccc(Cl)cc2)[C@@]2(CNC(c3ccncn3)C2)C1=O. The number of aromatic nitrogens is 2. The van der Waals surface area contributed by atoms with Crippen LogP contribution in [-0.2, 0) is 16.1 Å². The summed E-state index contributed by atoms with van der Waals surface area (Å²) >= 11 is 6.00. The summed E-state index contributed by atoms with van der Waals surface area (Å²) in [4.78, 5) is 38.5. The van der Waals surface area contributed by atoms with Crippen LogP contribution >= 0.6 is 11.6 Å². The highest BCUT2D eigenvalue weighted by molar-refractivity contribution is 6.30. The lowest BCUT2D eigenvalue weighted by molar-refractivity contribution is -0.166. The highest BCUT2D eigenvalue weighted by atomic mass is 35.5. The summed E-state index contributed by atoms with van der Waals surface area (Å²) < 4.78 is 0. The first-order valence-electron chi connectivity index (χ1n) is 9.76. The first-order valence-corrected chi connectivity index (χ1v) is 10.1. The van der Waals surface area contributed by atoms with Gasteiger partial charge in [0.05, 0.1) is 11.7 Å². The molecule has 2 aliphatic heterocycles. The second kappa shape index (κ2) is 7.72. The highest BCUT2D eigenvalue weighted by Crippen LogP contribution is 2.39. The van der Waals surface area contributed by atoms with Gasteiger partial charge >= 0.3 is 0 Å². The monoisotopic (exact) mass is 413 g/mol. The molecule has 3 heterocycles. The second-order valence-corrected chi connectivity index (χ2v) is 8.37. The third kappa shape index (κ3) is 3.60. The van der Waals surface area contributed by atoms with Gasteiger partial charge in [-0.1, -0.05) is 23.7 Å². The minimum Gasteiger partial charge on any atom is -0.329 e. The molecule has 0 saturated carbocycles. The number of carbonyl (C=O) groups excluding carboxylic acids is 2. The molecule has 0 bridgehead atoms. The largest absolute Gasteiger partial charge is 0.329 e. The summed E-state index contributed by atoms with van der Waals surface area (Å²) in [5.41, 5.74) is 0.832. The standard InChI is InChI=1S/C21H24ClN5O2/c1-14(2)26-11-19(28)27(10-15-3-5-16(22)6-4-15)21(20(26)29)9-18(24-12-21)17-7-8-23-13-25-17/h3-8,13-14,18,24H,9-12H2,1-2H3/t18?,21-/m0/s1. The predicted molar refractivity (Wildman–Crippen MR) is 109 cm³/mol. The minimum atomic E-state index is -0.936. The van der Waals surface area contributed by atoms with E-state index in [0.717, 1.165) is 11.3 Å². The molecule has 7 nitrogen and oxygen atoms in total. The molecule has 2 fully saturated rings. The molecule has 1 spiro atoms. The van der Waals surface area contributed by atoms with Crippen LogP contribution in [0, 0.1) is 0 Å². The molecule has 1 unspecified atom stereocenters. The van der Waals surface area contributed by atoms with E-state index in [1.165, 1.54) is 6.33 Å². The van der Waals surface area contributed by atoms with Gasteiger partial charge in [-0.25, -0.2) is 9.97 Å². The van der Waals surface area contributed by atoms with E-state index in [2.05, 4.69) is 15.3 Å². The van der Waals surface area contributed by atoms with Crippen molar-refractivity contribution in [1.29, 1.82) is 0 Å². The van der Waals surface area contributed by atoms with Gasteiger partial charge in [-0.3, -0.25) is 9.59 Å². The van der Waals surface area contributed by atoms with Gasteiger partial charge in [-0.2, -0.15) is 0 Å². The number of carbonyl (C=O) groups is 2. The first kappa shape index (κ1) is 19.8. The van der Waals surface area contributed by atoms with Gasteiger partial charge in [0.15, 0.2) is 0 Å². The zero-order chi connectivity index (χ0) is 20.6. The van der Waals surface area contributed by atoms with Crippen molar-refractivity contribution in [2.24, 2.45) is 0 Å². The van der Waals surface area contributed by atoms with E-state index in [0.29, 0.717) is 24.5 Å². The average Bonchev–Trinajstić information content (AvgIpc) is 3.16. The fourth-order valence-corrected chi connectivity index (χ4v) is 4.34. The molecule has 2 atom stereocenters. The number of nitrogens with zero attached hydrogens (tertiary/aromatic N) is 4. The second-order valence-electron chi connectivity index (χ2n) is 7.94. The zero-order valence-electron chi connectivity index (χ0n) is 16.5. The van der Waals surface area contributed by atoms with E-state index in [1.54, 1.807) is 28.1 Å². The average molecular weight is 414 g/mol. The highest BCUT2D eigenvalue weighted by Gasteiger charge is 2.56. The van der Waals surface area contributed by atoms with Crippen LogP contribution in [0.1, 0.15) is 37.6 Å². The summed E-state index contributed by atoms with van der Waals surface area (Å²) in [5.74, 6) is -0.0523. The van der Waals surface area contributed by atoms with Crippen molar-refractivity contribution >= 4 is 23.4 Å². The molecule has 1 aromatic heterocycles. The van der Waals surface area contributed by atoms with Crippen molar-refractivity contribution in [3.8, 4) is 0 Å². The maximum Gasteiger partial charge on any atom is 0.250 e. The maximum absolute atomic E-state index is 13.6. The molecular weight excluding hydrogens is 390 g/mol. The molecule has 2 aromatic rings. The van der Waals surface area contributed by atoms with Gasteiger partial charge < -0.3 is 15.1 Å². The molecule has 2 amide bonds. The number of halogens is 1. The summed E-state index contributed by atoms with van der Waals surface area (Å²) in [6, 6.07) is 9.08. The Morgan fingerprint density at radius 2 is 2.00 bits per heavy atom. The van der Waals surface area contributed by atoms with E-state index in [1.807, 2.05) is 32.0 Å². The quantitative estimate of drug-likeness (QED) is 0.831. The van der Waals surface area contributed by atoms with Crippen LogP contribution < -0.4 is 5.32 Å². The fraction of sp³-hybridized carbons (Fsp3) is 0.429. The predicted octanol–water partition coefficient (Wildman–Crippen LogP) is 2.18. The molecule has 0 aliphatic carbocycles. The van der Waals surface area contributed by atoms with E-state index >= 15 is 0 Å². The lowest BCUT2D eigenvalue weighted by Gasteiger charge is -2.48. The first-order chi connectivity index (χ1) is 13.9. The van der Waals surface area contributed by atoms with E-state index < -0.39 is 5.54 Å². The summed E-state index contributed by atoms with van der Waals surface area (Å²) in [6.45, 7) is 4.74. The molecular formula is C21H24ClN5O2. The van der Waals surface area contributed by atoms with Gasteiger partial charge in [-0.15, -0.1) is 0 Å². The van der Waals surface area contributed by atoms with Crippen LogP contribution in [-0.4, -0.2) is 56.3 Å². The molecule has 152 valence electrons. The lowest BCUT2D eigenvalue weighted by atomic mass is 9.87. The Kier molecular flexibility index (Phi) is 5.27. The fourth-order valence-electron chi connectivity index (χ4n) is 4.21. The smallest absolute Gasteiger partial charge is 0.250 e. The molecule has 2 saturated heterocycles. The molecule has 1 aromatic carbocycles. The number of nitrogens with one attached hydrogen (secondary N) is 1. The lowest BCUT2D eigenvalue weighted by Crippen LogP contribution is -2.69. The van der Waals surface area contributed by atoms with Crippen molar-refractivity contribution in [2.45, 2.75) is 44.4 Å². The minimum absolute atomic E-state index is 0.00915. The molecule has 1 N–H and O–H groups in total. The van der Waals surface area contributed by atoms with Crippen molar-refractivity contribution in [3.63, 3.8) is 0 Å². The van der Waals surface area contributed by atoms with Crippen LogP contribution in [0.2, 0.25) is 5.02 Å². The van der Waals surface area contributed by atoms with Crippen LogP contribution in [0.3, 0.4) is 0 Å². The Morgan fingerprint density at radius 1 is 1.24 bits per heavy atom. The van der Waals surface area contributed by atoms with Crippen LogP contribution in [0.5, 0.6) is 0 Å².